The Morgan fingerprint density at radius 3 is 2.12 bits per heavy atom. The molecule has 0 aromatic heterocycles. The Morgan fingerprint density at radius 1 is 1.00 bits per heavy atom. The lowest BCUT2D eigenvalue weighted by Gasteiger charge is -2.25. The second-order valence-corrected chi connectivity index (χ2v) is 10.9. The monoisotopic (exact) mass is 573 g/mol. The number of carbonyl (C=O) groups excluding carboxylic acids is 6. The fraction of sp³-hybridized carbons (Fsp3) is 0.600. The Hall–Kier alpha value is -3.76. The summed E-state index contributed by atoms with van der Waals surface area (Å²) in [5, 5.41) is 8.48. The number of nitrogens with zero attached hydrogens (tertiary/aromatic N) is 1. The quantitative estimate of drug-likeness (QED) is 0.197. The summed E-state index contributed by atoms with van der Waals surface area (Å²) >= 11 is 0. The van der Waals surface area contributed by atoms with Crippen molar-refractivity contribution in [3.63, 3.8) is 0 Å². The Labute approximate surface area is 243 Å². The van der Waals surface area contributed by atoms with Crippen molar-refractivity contribution in [1.82, 2.24) is 15.5 Å². The van der Waals surface area contributed by atoms with Crippen LogP contribution in [0.25, 0.3) is 0 Å². The van der Waals surface area contributed by atoms with Gasteiger partial charge in [0.2, 0.25) is 35.4 Å². The van der Waals surface area contributed by atoms with Crippen LogP contribution in [-0.4, -0.2) is 59.0 Å². The van der Waals surface area contributed by atoms with Gasteiger partial charge in [-0.15, -0.1) is 0 Å². The van der Waals surface area contributed by atoms with E-state index in [2.05, 4.69) is 21.7 Å². The summed E-state index contributed by atoms with van der Waals surface area (Å²) in [5.74, 6) is -1.92. The predicted molar refractivity (Wildman–Crippen MR) is 157 cm³/mol. The number of nitrogens with two attached hydrogens (primary N) is 1. The molecule has 1 fully saturated rings. The van der Waals surface area contributed by atoms with Crippen LogP contribution in [0.1, 0.15) is 85.1 Å². The average Bonchev–Trinajstić information content (AvgIpc) is 3.13. The summed E-state index contributed by atoms with van der Waals surface area (Å²) in [6.45, 7) is 11.0. The Kier molecular flexibility index (Phi) is 15.3. The number of carbonyl (C=O) groups is 6. The molecule has 0 bridgehead atoms. The normalized spacial score (nSPS) is 16.0. The largest absolute Gasteiger partial charge is 0.370 e. The van der Waals surface area contributed by atoms with E-state index in [-0.39, 0.29) is 60.1 Å². The van der Waals surface area contributed by atoms with Crippen molar-refractivity contribution in [3.8, 4) is 0 Å². The van der Waals surface area contributed by atoms with Gasteiger partial charge in [-0.05, 0) is 44.2 Å². The smallest absolute Gasteiger partial charge is 0.246 e. The highest BCUT2D eigenvalue weighted by atomic mass is 16.2. The standard InChI is InChI=1S/C28H42N4O5.C2H5NO/c1-6-10-22(26(35)29-21-14-12-19(4)13-15-21)30-27(36)25(18(2)3)31-23(33)11-8-7-9-16-32-24(34)17-20(5)28(32)37;1-2(3)4/h12-15,18,20,22,25H,6-11,16-17H2,1-5H3,(H,29,35)(H,30,36)(H,31,33);1H3,(H2,3,4). The molecule has 228 valence electrons. The molecular formula is C30H47N5O6. The van der Waals surface area contributed by atoms with Crippen LogP contribution in [0.15, 0.2) is 24.3 Å². The highest BCUT2D eigenvalue weighted by Crippen LogP contribution is 2.19. The third kappa shape index (κ3) is 13.0. The van der Waals surface area contributed by atoms with E-state index in [0.717, 1.165) is 5.56 Å². The first-order valence-electron chi connectivity index (χ1n) is 14.3. The molecule has 1 aliphatic heterocycles. The lowest BCUT2D eigenvalue weighted by molar-refractivity contribution is -0.139. The van der Waals surface area contributed by atoms with Gasteiger partial charge in [0, 0.05) is 37.9 Å². The number of likely N-dealkylation sites (tertiary alicyclic amines) is 1. The van der Waals surface area contributed by atoms with Crippen LogP contribution in [0, 0.1) is 18.8 Å². The highest BCUT2D eigenvalue weighted by Gasteiger charge is 2.34. The number of hydrogen-bond acceptors (Lipinski definition) is 6. The van der Waals surface area contributed by atoms with Gasteiger partial charge in [0.05, 0.1) is 0 Å². The number of nitrogens with one attached hydrogen (secondary N) is 3. The van der Waals surface area contributed by atoms with Gasteiger partial charge in [-0.25, -0.2) is 0 Å². The van der Waals surface area contributed by atoms with Crippen LogP contribution >= 0.6 is 0 Å². The van der Waals surface area contributed by atoms with E-state index in [1.54, 1.807) is 6.92 Å². The minimum atomic E-state index is -0.764. The molecule has 3 atom stereocenters. The van der Waals surface area contributed by atoms with Gasteiger partial charge < -0.3 is 21.7 Å². The van der Waals surface area contributed by atoms with E-state index in [9.17, 15) is 28.8 Å². The molecule has 6 amide bonds. The predicted octanol–water partition coefficient (Wildman–Crippen LogP) is 2.81. The fourth-order valence-corrected chi connectivity index (χ4v) is 4.28. The molecular weight excluding hydrogens is 526 g/mol. The van der Waals surface area contributed by atoms with Crippen LogP contribution in [0.4, 0.5) is 5.69 Å². The zero-order valence-corrected chi connectivity index (χ0v) is 25.2. The van der Waals surface area contributed by atoms with Crippen molar-refractivity contribution in [2.75, 3.05) is 11.9 Å². The van der Waals surface area contributed by atoms with Gasteiger partial charge in [-0.1, -0.05) is 58.2 Å². The van der Waals surface area contributed by atoms with Crippen molar-refractivity contribution in [3.05, 3.63) is 29.8 Å². The second-order valence-electron chi connectivity index (χ2n) is 10.9. The lowest BCUT2D eigenvalue weighted by Crippen LogP contribution is -2.54. The molecule has 1 heterocycles. The molecule has 0 spiro atoms. The molecule has 11 nitrogen and oxygen atoms in total. The molecule has 1 aliphatic rings. The van der Waals surface area contributed by atoms with Crippen LogP contribution < -0.4 is 21.7 Å². The fourth-order valence-electron chi connectivity index (χ4n) is 4.28. The molecule has 1 aromatic rings. The highest BCUT2D eigenvalue weighted by molar-refractivity contribution is 6.03. The second kappa shape index (κ2) is 17.8. The molecule has 2 rings (SSSR count). The Bertz CT molecular complexity index is 1050. The summed E-state index contributed by atoms with van der Waals surface area (Å²) in [7, 11) is 0. The van der Waals surface area contributed by atoms with Crippen molar-refractivity contribution in [2.24, 2.45) is 17.6 Å². The summed E-state index contributed by atoms with van der Waals surface area (Å²) in [4.78, 5) is 72.8. The van der Waals surface area contributed by atoms with Crippen LogP contribution in [-0.2, 0) is 28.8 Å². The minimum absolute atomic E-state index is 0.123. The first-order valence-corrected chi connectivity index (χ1v) is 14.3. The first-order chi connectivity index (χ1) is 19.3. The molecule has 5 N–H and O–H groups in total. The van der Waals surface area contributed by atoms with Gasteiger partial charge in [0.15, 0.2) is 0 Å². The van der Waals surface area contributed by atoms with E-state index in [4.69, 9.17) is 0 Å². The number of unbranched alkanes of at least 4 members (excludes halogenated alkanes) is 2. The van der Waals surface area contributed by atoms with E-state index in [0.29, 0.717) is 44.3 Å². The number of imide groups is 1. The molecule has 1 aromatic carbocycles. The van der Waals surface area contributed by atoms with Crippen molar-refractivity contribution in [1.29, 1.82) is 0 Å². The Morgan fingerprint density at radius 2 is 1.61 bits per heavy atom. The molecule has 3 unspecified atom stereocenters. The SMILES string of the molecule is CC(N)=O.CCCC(NC(=O)C(NC(=O)CCCCCN1C(=O)CC(C)C1=O)C(C)C)C(=O)Nc1ccc(C)cc1. The molecule has 11 heteroatoms. The Balaban J connectivity index is 0.00000196. The zero-order chi connectivity index (χ0) is 31.1. The van der Waals surface area contributed by atoms with Gasteiger partial charge in [0.25, 0.3) is 0 Å². The number of benzene rings is 1. The molecule has 1 saturated heterocycles. The number of primary amides is 1. The summed E-state index contributed by atoms with van der Waals surface area (Å²) < 4.78 is 0. The minimum Gasteiger partial charge on any atom is -0.370 e. The molecule has 41 heavy (non-hydrogen) atoms. The average molecular weight is 574 g/mol. The number of aryl methyl sites for hydroxylation is 1. The lowest BCUT2D eigenvalue weighted by atomic mass is 10.0. The number of hydrogen-bond donors (Lipinski definition) is 4. The van der Waals surface area contributed by atoms with Gasteiger partial charge in [-0.3, -0.25) is 33.7 Å². The number of amides is 6. The van der Waals surface area contributed by atoms with Crippen LogP contribution in [0.3, 0.4) is 0 Å². The third-order valence-electron chi connectivity index (χ3n) is 6.55. The maximum atomic E-state index is 13.0. The van der Waals surface area contributed by atoms with Gasteiger partial charge in [0.1, 0.15) is 12.1 Å². The van der Waals surface area contributed by atoms with Gasteiger partial charge >= 0.3 is 0 Å². The van der Waals surface area contributed by atoms with Crippen LogP contribution in [0.5, 0.6) is 0 Å². The van der Waals surface area contributed by atoms with E-state index in [1.165, 1.54) is 11.8 Å². The van der Waals surface area contributed by atoms with Crippen LogP contribution in [0.2, 0.25) is 0 Å². The maximum absolute atomic E-state index is 13.0. The zero-order valence-electron chi connectivity index (χ0n) is 25.2. The van der Waals surface area contributed by atoms with E-state index in [1.807, 2.05) is 52.0 Å². The topological polar surface area (TPSA) is 168 Å². The number of rotatable bonds is 14. The molecule has 0 radical (unpaired) electrons. The molecule has 0 saturated carbocycles. The molecule has 0 aliphatic carbocycles. The summed E-state index contributed by atoms with van der Waals surface area (Å²) in [6, 6.07) is 5.96. The van der Waals surface area contributed by atoms with Crippen molar-refractivity contribution in [2.45, 2.75) is 98.6 Å². The summed E-state index contributed by atoms with van der Waals surface area (Å²) in [5.41, 5.74) is 6.21. The van der Waals surface area contributed by atoms with Crippen molar-refractivity contribution >= 4 is 41.1 Å². The first kappa shape index (κ1) is 35.3. The van der Waals surface area contributed by atoms with Gasteiger partial charge in [-0.2, -0.15) is 0 Å². The third-order valence-corrected chi connectivity index (χ3v) is 6.55. The summed E-state index contributed by atoms with van der Waals surface area (Å²) in [6.07, 6.45) is 3.60. The van der Waals surface area contributed by atoms with Crippen molar-refractivity contribution < 1.29 is 28.8 Å². The number of anilines is 1. The van der Waals surface area contributed by atoms with E-state index < -0.39 is 12.1 Å². The van der Waals surface area contributed by atoms with E-state index >= 15 is 0 Å². The maximum Gasteiger partial charge on any atom is 0.246 e.